The molecule has 10 nitrogen and oxygen atoms in total. The van der Waals surface area contributed by atoms with Gasteiger partial charge in [-0.15, -0.1) is 0 Å². The third-order valence-corrected chi connectivity index (χ3v) is 7.92. The fourth-order valence-electron chi connectivity index (χ4n) is 5.10. The van der Waals surface area contributed by atoms with Gasteiger partial charge in [0.2, 0.25) is 5.91 Å². The van der Waals surface area contributed by atoms with Crippen LogP contribution >= 0.6 is 0 Å². The minimum absolute atomic E-state index is 0.0987. The van der Waals surface area contributed by atoms with Crippen LogP contribution in [-0.2, 0) is 25.6 Å². The van der Waals surface area contributed by atoms with Gasteiger partial charge in [-0.3, -0.25) is 14.4 Å². The van der Waals surface area contributed by atoms with Crippen LogP contribution in [0.2, 0.25) is 0 Å². The average Bonchev–Trinajstić information content (AvgIpc) is 2.98. The molecule has 6 N–H and O–H groups in total. The van der Waals surface area contributed by atoms with Gasteiger partial charge in [-0.25, -0.2) is 4.79 Å². The molecule has 10 heteroatoms. The van der Waals surface area contributed by atoms with Crippen LogP contribution in [0.5, 0.6) is 5.75 Å². The number of unbranched alkanes of at least 4 members (excludes halogenated alkanes) is 12. The number of amides is 2. The van der Waals surface area contributed by atoms with E-state index < -0.39 is 47.7 Å². The number of nitrogens with one attached hydrogen (secondary N) is 1. The van der Waals surface area contributed by atoms with Crippen LogP contribution in [0.25, 0.3) is 0 Å². The van der Waals surface area contributed by atoms with E-state index in [2.05, 4.69) is 12.2 Å². The molecule has 0 spiro atoms. The maximum atomic E-state index is 13.4. The summed E-state index contributed by atoms with van der Waals surface area (Å²) in [4.78, 5) is 49.2. The zero-order chi connectivity index (χ0) is 34.4. The molecule has 1 aromatic carbocycles. The average molecular weight is 645 g/mol. The predicted molar refractivity (Wildman–Crippen MR) is 179 cm³/mol. The van der Waals surface area contributed by atoms with Gasteiger partial charge in [0.1, 0.15) is 18.4 Å². The highest BCUT2D eigenvalue weighted by Crippen LogP contribution is 2.25. The maximum absolute atomic E-state index is 13.4. The number of carboxylic acid groups (broad SMARTS) is 2. The molecule has 0 saturated heterocycles. The number of ether oxygens (including phenoxy) is 1. The van der Waals surface area contributed by atoms with E-state index >= 15 is 0 Å². The van der Waals surface area contributed by atoms with Crippen molar-refractivity contribution in [1.82, 2.24) is 5.32 Å². The Kier molecular flexibility index (Phi) is 20.0. The third-order valence-electron chi connectivity index (χ3n) is 7.92. The monoisotopic (exact) mass is 644 g/mol. The number of rotatable bonds is 26. The summed E-state index contributed by atoms with van der Waals surface area (Å²) >= 11 is 0. The molecular formula is C36H56N2O8. The molecule has 46 heavy (non-hydrogen) atoms. The number of carbonyl (C=O) groups is 4. The lowest BCUT2D eigenvalue weighted by Gasteiger charge is -2.30. The lowest BCUT2D eigenvalue weighted by Crippen LogP contribution is -2.57. The van der Waals surface area contributed by atoms with Gasteiger partial charge in [0, 0.05) is 6.42 Å². The Labute approximate surface area is 274 Å². The second kappa shape index (κ2) is 22.8. The van der Waals surface area contributed by atoms with E-state index in [1.165, 1.54) is 57.4 Å². The molecule has 0 aliphatic heterocycles. The van der Waals surface area contributed by atoms with E-state index in [0.29, 0.717) is 24.3 Å². The minimum atomic E-state index is -2.75. The SMILES string of the molecule is CCCCCCCCCCCCCC/C=C/[C@@H](C(=O)N[C@@H](Cc1ccc(OCC=C(C)C)cc1)C(=O)O)[C@@](O)(CC(=O)O)C(N)=O. The summed E-state index contributed by atoms with van der Waals surface area (Å²) in [7, 11) is 0. The van der Waals surface area contributed by atoms with Gasteiger partial charge >= 0.3 is 11.9 Å². The van der Waals surface area contributed by atoms with E-state index in [1.54, 1.807) is 30.3 Å². The molecule has 0 fully saturated rings. The molecule has 3 atom stereocenters. The molecule has 0 saturated carbocycles. The summed E-state index contributed by atoms with van der Waals surface area (Å²) in [5.74, 6) is -6.38. The highest BCUT2D eigenvalue weighted by atomic mass is 16.5. The van der Waals surface area contributed by atoms with Crippen LogP contribution in [-0.4, -0.2) is 57.3 Å². The number of allylic oxidation sites excluding steroid dienone is 2. The Morgan fingerprint density at radius 2 is 1.43 bits per heavy atom. The summed E-state index contributed by atoms with van der Waals surface area (Å²) in [6, 6.07) is 5.31. The van der Waals surface area contributed by atoms with Crippen LogP contribution in [0, 0.1) is 5.92 Å². The molecule has 0 heterocycles. The largest absolute Gasteiger partial charge is 0.490 e. The number of aliphatic carboxylic acids is 2. The van der Waals surface area contributed by atoms with Gasteiger partial charge in [-0.1, -0.05) is 107 Å². The number of hydrogen-bond donors (Lipinski definition) is 5. The molecule has 0 aromatic heterocycles. The van der Waals surface area contributed by atoms with E-state index in [0.717, 1.165) is 31.3 Å². The quantitative estimate of drug-likeness (QED) is 0.0594. The van der Waals surface area contributed by atoms with Crippen molar-refractivity contribution in [2.45, 2.75) is 129 Å². The van der Waals surface area contributed by atoms with Crippen molar-refractivity contribution in [1.29, 1.82) is 0 Å². The summed E-state index contributed by atoms with van der Waals surface area (Å²) in [6.07, 6.45) is 18.3. The van der Waals surface area contributed by atoms with E-state index in [4.69, 9.17) is 10.5 Å². The summed E-state index contributed by atoms with van der Waals surface area (Å²) < 4.78 is 5.62. The van der Waals surface area contributed by atoms with Gasteiger partial charge in [-0.05, 0) is 50.5 Å². The number of hydrogen-bond acceptors (Lipinski definition) is 6. The number of carboxylic acids is 2. The highest BCUT2D eigenvalue weighted by molar-refractivity contribution is 5.96. The molecule has 0 aliphatic rings. The Hall–Kier alpha value is -3.66. The first-order chi connectivity index (χ1) is 21.9. The van der Waals surface area contributed by atoms with E-state index in [9.17, 15) is 34.5 Å². The number of primary amides is 1. The topological polar surface area (TPSA) is 176 Å². The van der Waals surface area contributed by atoms with Crippen molar-refractivity contribution in [3.63, 3.8) is 0 Å². The summed E-state index contributed by atoms with van der Waals surface area (Å²) in [5.41, 5.74) is 4.34. The van der Waals surface area contributed by atoms with Gasteiger partial charge in [0.15, 0.2) is 5.60 Å². The maximum Gasteiger partial charge on any atom is 0.326 e. The molecule has 0 bridgehead atoms. The number of benzene rings is 1. The lowest BCUT2D eigenvalue weighted by atomic mass is 9.82. The lowest BCUT2D eigenvalue weighted by molar-refractivity contribution is -0.158. The number of nitrogens with two attached hydrogens (primary N) is 1. The smallest absolute Gasteiger partial charge is 0.326 e. The second-order valence-corrected chi connectivity index (χ2v) is 12.3. The van der Waals surface area contributed by atoms with Crippen LogP contribution in [0.15, 0.2) is 48.1 Å². The molecular weight excluding hydrogens is 588 g/mol. The molecule has 258 valence electrons. The van der Waals surface area contributed by atoms with Crippen molar-refractivity contribution < 1.29 is 39.2 Å². The molecule has 0 aliphatic carbocycles. The Morgan fingerprint density at radius 3 is 1.91 bits per heavy atom. The van der Waals surface area contributed by atoms with Crippen molar-refractivity contribution in [3.05, 3.63) is 53.6 Å². The van der Waals surface area contributed by atoms with Gasteiger partial charge < -0.3 is 31.1 Å². The first-order valence-corrected chi connectivity index (χ1v) is 16.7. The Balaban J connectivity index is 2.81. The molecule has 1 rings (SSSR count). The zero-order valence-electron chi connectivity index (χ0n) is 28.0. The zero-order valence-corrected chi connectivity index (χ0v) is 28.0. The molecule has 1 aromatic rings. The van der Waals surface area contributed by atoms with Crippen LogP contribution in [0.3, 0.4) is 0 Å². The Bertz CT molecular complexity index is 1130. The second-order valence-electron chi connectivity index (χ2n) is 12.3. The van der Waals surface area contributed by atoms with Crippen LogP contribution in [0.1, 0.15) is 116 Å². The fourth-order valence-corrected chi connectivity index (χ4v) is 5.10. The van der Waals surface area contributed by atoms with Crippen molar-refractivity contribution >= 4 is 23.8 Å². The van der Waals surface area contributed by atoms with Crippen LogP contribution < -0.4 is 15.8 Å². The predicted octanol–water partition coefficient (Wildman–Crippen LogP) is 6.10. The molecule has 2 amide bonds. The van der Waals surface area contributed by atoms with Gasteiger partial charge in [0.25, 0.3) is 5.91 Å². The first kappa shape index (κ1) is 40.4. The van der Waals surface area contributed by atoms with Crippen molar-refractivity contribution in [2.75, 3.05) is 6.61 Å². The van der Waals surface area contributed by atoms with Crippen molar-refractivity contribution in [3.8, 4) is 5.75 Å². The molecule has 0 radical (unpaired) electrons. The number of aliphatic hydroxyl groups is 1. The highest BCUT2D eigenvalue weighted by Gasteiger charge is 2.47. The van der Waals surface area contributed by atoms with E-state index in [1.807, 2.05) is 19.9 Å². The van der Waals surface area contributed by atoms with Gasteiger partial charge in [-0.2, -0.15) is 0 Å². The van der Waals surface area contributed by atoms with Crippen LogP contribution in [0.4, 0.5) is 0 Å². The van der Waals surface area contributed by atoms with Gasteiger partial charge in [0.05, 0.1) is 12.3 Å². The Morgan fingerprint density at radius 1 is 0.891 bits per heavy atom. The summed E-state index contributed by atoms with van der Waals surface area (Å²) in [5, 5.41) is 32.6. The normalized spacial score (nSPS) is 13.8. The standard InChI is InChI=1S/C36H56N2O8/c1-4-5-6-7-8-9-10-11-12-13-14-15-16-17-18-30(36(45,35(37)44)26-32(39)40)33(41)38-31(34(42)43)25-28-19-21-29(22-20-28)46-24-23-27(2)3/h17-23,30-31,45H,4-16,24-26H2,1-3H3,(H2,37,44)(H,38,41)(H,39,40)(H,42,43)/b18-17+/t30-,31-,36-/m0/s1. The number of carbonyl (C=O) groups excluding carboxylic acids is 2. The van der Waals surface area contributed by atoms with E-state index in [-0.39, 0.29) is 6.42 Å². The minimum Gasteiger partial charge on any atom is -0.490 e. The van der Waals surface area contributed by atoms with Crippen molar-refractivity contribution in [2.24, 2.45) is 11.7 Å². The fraction of sp³-hybridized carbons (Fsp3) is 0.611. The third kappa shape index (κ3) is 16.6. The molecule has 0 unspecified atom stereocenters. The first-order valence-electron chi connectivity index (χ1n) is 16.7. The summed E-state index contributed by atoms with van der Waals surface area (Å²) in [6.45, 7) is 6.52.